The Hall–Kier alpha value is -2.84. The summed E-state index contributed by atoms with van der Waals surface area (Å²) < 4.78 is 18.1. The molecule has 0 spiro atoms. The number of hydrogen-bond donors (Lipinski definition) is 0. The van der Waals surface area contributed by atoms with Crippen molar-refractivity contribution in [1.29, 1.82) is 0 Å². The SMILES string of the molecule is COC(=O)C1(c2cn(C3C=CCCC3)cn2)CC1CCCN(C(=O)OC(C)(C)C)C(=O)OC(C)(C)C. The van der Waals surface area contributed by atoms with E-state index in [9.17, 15) is 14.4 Å². The minimum absolute atomic E-state index is 0.00863. The van der Waals surface area contributed by atoms with E-state index in [2.05, 4.69) is 21.7 Å². The second kappa shape index (κ2) is 10.6. The number of carbonyl (C=O) groups is 3. The lowest BCUT2D eigenvalue weighted by Gasteiger charge is -2.28. The molecule has 1 aromatic rings. The third-order valence-corrected chi connectivity index (χ3v) is 6.49. The predicted molar refractivity (Wildman–Crippen MR) is 134 cm³/mol. The van der Waals surface area contributed by atoms with Crippen molar-refractivity contribution in [2.24, 2.45) is 5.92 Å². The van der Waals surface area contributed by atoms with Crippen LogP contribution in [0, 0.1) is 5.92 Å². The van der Waals surface area contributed by atoms with Gasteiger partial charge in [-0.15, -0.1) is 0 Å². The van der Waals surface area contributed by atoms with Crippen molar-refractivity contribution in [3.05, 3.63) is 30.4 Å². The van der Waals surface area contributed by atoms with Gasteiger partial charge in [0.05, 0.1) is 25.2 Å². The van der Waals surface area contributed by atoms with Gasteiger partial charge in [-0.1, -0.05) is 12.2 Å². The van der Waals surface area contributed by atoms with Gasteiger partial charge < -0.3 is 18.8 Å². The average Bonchev–Trinajstić information content (AvgIpc) is 3.28. The third-order valence-electron chi connectivity index (χ3n) is 6.49. The Kier molecular flexibility index (Phi) is 8.20. The zero-order valence-corrected chi connectivity index (χ0v) is 22.7. The summed E-state index contributed by atoms with van der Waals surface area (Å²) in [5, 5.41) is 0. The highest BCUT2D eigenvalue weighted by Gasteiger charge is 2.63. The summed E-state index contributed by atoms with van der Waals surface area (Å²) in [6.45, 7) is 10.6. The number of hydrogen-bond acceptors (Lipinski definition) is 7. The monoisotopic (exact) mass is 503 g/mol. The van der Waals surface area contributed by atoms with E-state index in [0.717, 1.165) is 29.9 Å². The first-order chi connectivity index (χ1) is 16.8. The van der Waals surface area contributed by atoms with Gasteiger partial charge >= 0.3 is 18.2 Å². The summed E-state index contributed by atoms with van der Waals surface area (Å²) in [4.78, 5) is 44.0. The molecule has 3 atom stereocenters. The molecular weight excluding hydrogens is 462 g/mol. The van der Waals surface area contributed by atoms with E-state index in [1.54, 1.807) is 47.9 Å². The Morgan fingerprint density at radius 3 is 2.28 bits per heavy atom. The Morgan fingerprint density at radius 1 is 1.11 bits per heavy atom. The van der Waals surface area contributed by atoms with Crippen molar-refractivity contribution in [3.63, 3.8) is 0 Å². The smallest absolute Gasteiger partial charge is 0.419 e. The lowest BCUT2D eigenvalue weighted by atomic mass is 9.97. The first-order valence-corrected chi connectivity index (χ1v) is 12.8. The van der Waals surface area contributed by atoms with Gasteiger partial charge in [0.25, 0.3) is 0 Å². The number of methoxy groups -OCH3 is 1. The molecule has 3 unspecified atom stereocenters. The third kappa shape index (κ3) is 6.68. The van der Waals surface area contributed by atoms with Gasteiger partial charge in [0.2, 0.25) is 0 Å². The molecule has 3 rings (SSSR count). The molecule has 1 saturated carbocycles. The Morgan fingerprint density at radius 2 is 1.75 bits per heavy atom. The predicted octanol–water partition coefficient (Wildman–Crippen LogP) is 5.55. The number of rotatable bonds is 7. The zero-order valence-electron chi connectivity index (χ0n) is 22.7. The summed E-state index contributed by atoms with van der Waals surface area (Å²) in [5.41, 5.74) is -1.57. The van der Waals surface area contributed by atoms with Crippen molar-refractivity contribution < 1.29 is 28.6 Å². The van der Waals surface area contributed by atoms with Gasteiger partial charge in [-0.2, -0.15) is 0 Å². The number of ether oxygens (including phenoxy) is 3. The van der Waals surface area contributed by atoms with Gasteiger partial charge in [-0.3, -0.25) is 4.79 Å². The molecule has 2 amide bonds. The maximum absolute atomic E-state index is 12.9. The van der Waals surface area contributed by atoms with Crippen molar-refractivity contribution in [2.75, 3.05) is 13.7 Å². The quantitative estimate of drug-likeness (QED) is 0.273. The van der Waals surface area contributed by atoms with Crippen molar-refractivity contribution in [1.82, 2.24) is 14.5 Å². The van der Waals surface area contributed by atoms with Crippen LogP contribution in [0.2, 0.25) is 0 Å². The molecule has 2 aliphatic rings. The second-order valence-corrected chi connectivity index (χ2v) is 11.8. The van der Waals surface area contributed by atoms with Crippen LogP contribution in [-0.2, 0) is 24.4 Å². The molecule has 0 aromatic carbocycles. The molecule has 0 aliphatic heterocycles. The fourth-order valence-corrected chi connectivity index (χ4v) is 4.71. The van der Waals surface area contributed by atoms with Crippen LogP contribution in [0.1, 0.15) is 91.8 Å². The molecule has 1 fully saturated rings. The molecular formula is C27H41N3O6. The standard InChI is InChI=1S/C27H41N3O6/c1-25(2,3)35-23(32)30(24(33)36-26(4,5)6)15-11-12-19-16-27(19,22(31)34-7)21-17-29(18-28-21)20-13-9-8-10-14-20/h9,13,17-20H,8,10-12,14-16H2,1-7H3. The molecule has 9 heteroatoms. The van der Waals surface area contributed by atoms with Gasteiger partial charge in [0.1, 0.15) is 16.6 Å². The topological polar surface area (TPSA) is 100.0 Å². The zero-order chi connectivity index (χ0) is 26.7. The molecule has 9 nitrogen and oxygen atoms in total. The van der Waals surface area contributed by atoms with Crippen molar-refractivity contribution in [2.45, 2.75) is 103 Å². The van der Waals surface area contributed by atoms with E-state index in [0.29, 0.717) is 19.3 Å². The summed E-state index contributed by atoms with van der Waals surface area (Å²) in [6, 6.07) is 0.253. The molecule has 1 heterocycles. The highest BCUT2D eigenvalue weighted by atomic mass is 16.6. The summed E-state index contributed by atoms with van der Waals surface area (Å²) in [7, 11) is 1.40. The Bertz CT molecular complexity index is 958. The van der Waals surface area contributed by atoms with Crippen LogP contribution < -0.4 is 0 Å². The lowest BCUT2D eigenvalue weighted by Crippen LogP contribution is -2.44. The first-order valence-electron chi connectivity index (χ1n) is 12.8. The number of aromatic nitrogens is 2. The van der Waals surface area contributed by atoms with Crippen LogP contribution in [0.5, 0.6) is 0 Å². The molecule has 36 heavy (non-hydrogen) atoms. The molecule has 0 saturated heterocycles. The first kappa shape index (κ1) is 27.7. The number of nitrogens with zero attached hydrogens (tertiary/aromatic N) is 3. The van der Waals surface area contributed by atoms with Crippen LogP contribution in [0.15, 0.2) is 24.7 Å². The minimum atomic E-state index is -0.791. The van der Waals surface area contributed by atoms with Crippen LogP contribution >= 0.6 is 0 Å². The number of imidazole rings is 1. The fraction of sp³-hybridized carbons (Fsp3) is 0.704. The number of allylic oxidation sites excluding steroid dienone is 2. The Balaban J connectivity index is 1.68. The minimum Gasteiger partial charge on any atom is -0.468 e. The normalized spacial score (nSPS) is 23.6. The highest BCUT2D eigenvalue weighted by Crippen LogP contribution is 2.57. The van der Waals surface area contributed by atoms with Crippen LogP contribution in [0.4, 0.5) is 9.59 Å². The van der Waals surface area contributed by atoms with Gasteiger partial charge in [0, 0.05) is 12.7 Å². The summed E-state index contributed by atoms with van der Waals surface area (Å²) in [5.74, 6) is -0.289. The van der Waals surface area contributed by atoms with E-state index in [-0.39, 0.29) is 24.5 Å². The van der Waals surface area contributed by atoms with E-state index >= 15 is 0 Å². The summed E-state index contributed by atoms with van der Waals surface area (Å²) in [6.07, 6.45) is 11.6. The molecule has 0 N–H and O–H groups in total. The van der Waals surface area contributed by atoms with E-state index in [4.69, 9.17) is 14.2 Å². The van der Waals surface area contributed by atoms with Crippen LogP contribution in [-0.4, -0.2) is 57.5 Å². The second-order valence-electron chi connectivity index (χ2n) is 11.8. The maximum Gasteiger partial charge on any atom is 0.419 e. The summed E-state index contributed by atoms with van der Waals surface area (Å²) >= 11 is 0. The molecule has 2 aliphatic carbocycles. The van der Waals surface area contributed by atoms with E-state index < -0.39 is 28.8 Å². The van der Waals surface area contributed by atoms with E-state index in [1.165, 1.54) is 7.11 Å². The Labute approximate surface area is 214 Å². The largest absolute Gasteiger partial charge is 0.468 e. The number of carbonyl (C=O) groups excluding carboxylic acids is 3. The van der Waals surface area contributed by atoms with Crippen LogP contribution in [0.25, 0.3) is 0 Å². The highest BCUT2D eigenvalue weighted by molar-refractivity contribution is 5.88. The fourth-order valence-electron chi connectivity index (χ4n) is 4.71. The molecule has 0 radical (unpaired) electrons. The number of esters is 1. The van der Waals surface area contributed by atoms with E-state index in [1.807, 2.05) is 6.20 Å². The van der Waals surface area contributed by atoms with Crippen molar-refractivity contribution >= 4 is 18.2 Å². The molecule has 0 bridgehead atoms. The van der Waals surface area contributed by atoms with Gasteiger partial charge in [0.15, 0.2) is 0 Å². The molecule has 200 valence electrons. The number of imide groups is 1. The van der Waals surface area contributed by atoms with Crippen molar-refractivity contribution in [3.8, 4) is 0 Å². The van der Waals surface area contributed by atoms with Crippen LogP contribution in [0.3, 0.4) is 0 Å². The lowest BCUT2D eigenvalue weighted by molar-refractivity contribution is -0.144. The van der Waals surface area contributed by atoms with Gasteiger partial charge in [-0.25, -0.2) is 19.5 Å². The maximum atomic E-state index is 12.9. The number of amides is 2. The average molecular weight is 504 g/mol. The van der Waals surface area contributed by atoms with Gasteiger partial charge in [-0.05, 0) is 86.0 Å². The molecule has 1 aromatic heterocycles.